The van der Waals surface area contributed by atoms with Gasteiger partial charge in [0.15, 0.2) is 5.65 Å². The van der Waals surface area contributed by atoms with Gasteiger partial charge >= 0.3 is 6.18 Å². The van der Waals surface area contributed by atoms with Crippen LogP contribution < -0.4 is 10.6 Å². The number of halogens is 3. The van der Waals surface area contributed by atoms with Crippen molar-refractivity contribution in [2.75, 3.05) is 25.0 Å². The molecule has 3 aromatic rings. The highest BCUT2D eigenvalue weighted by atomic mass is 19.4. The van der Waals surface area contributed by atoms with Crippen LogP contribution in [-0.2, 0) is 6.18 Å². The molecule has 134 valence electrons. The number of aromatic nitrogens is 4. The van der Waals surface area contributed by atoms with E-state index in [4.69, 9.17) is 0 Å². The second kappa shape index (κ2) is 5.99. The smallest absolute Gasteiger partial charge is 0.370 e. The molecular formula is C16H19F3N6. The highest BCUT2D eigenvalue weighted by molar-refractivity contribution is 5.90. The molecule has 1 saturated heterocycles. The SMILES string of the molecule is FC(F)(F)c1ccc(NCC2CNC2)nc1-c1[nH]nc2ncccc12.[HH].[HH]. The predicted octanol–water partition coefficient (Wildman–Crippen LogP) is 3.16. The lowest BCUT2D eigenvalue weighted by Gasteiger charge is -2.27. The molecule has 1 aliphatic rings. The quantitative estimate of drug-likeness (QED) is 0.672. The van der Waals surface area contributed by atoms with Crippen molar-refractivity contribution in [2.45, 2.75) is 6.18 Å². The Labute approximate surface area is 143 Å². The third kappa shape index (κ3) is 3.02. The molecule has 6 nitrogen and oxygen atoms in total. The molecule has 0 spiro atoms. The molecule has 25 heavy (non-hydrogen) atoms. The molecule has 4 heterocycles. The minimum Gasteiger partial charge on any atom is -0.370 e. The molecule has 4 rings (SSSR count). The Morgan fingerprint density at radius 2 is 2.08 bits per heavy atom. The lowest BCUT2D eigenvalue weighted by atomic mass is 10.0. The van der Waals surface area contributed by atoms with Crippen molar-refractivity contribution in [3.8, 4) is 11.4 Å². The summed E-state index contributed by atoms with van der Waals surface area (Å²) in [5, 5.41) is 13.4. The Bertz CT molecular complexity index is 911. The number of aromatic amines is 1. The number of hydrogen-bond donors (Lipinski definition) is 3. The van der Waals surface area contributed by atoms with Gasteiger partial charge in [0.05, 0.1) is 11.3 Å². The van der Waals surface area contributed by atoms with Crippen LogP contribution >= 0.6 is 0 Å². The Hall–Kier alpha value is -2.68. The van der Waals surface area contributed by atoms with Gasteiger partial charge in [-0.05, 0) is 24.3 Å². The Morgan fingerprint density at radius 3 is 2.80 bits per heavy atom. The molecule has 0 unspecified atom stereocenters. The standard InChI is InChI=1S/C16H15F3N6.2H2/c17-16(18,19)11-3-4-12(22-8-9-6-20-7-9)23-14(11)13-10-2-1-5-21-15(10)25-24-13;;/h1-5,9,20H,6-8H2,(H,22,23)(H,21,24,25);2*1H. The summed E-state index contributed by atoms with van der Waals surface area (Å²) in [6, 6.07) is 5.73. The van der Waals surface area contributed by atoms with E-state index in [1.807, 2.05) is 0 Å². The van der Waals surface area contributed by atoms with E-state index >= 15 is 0 Å². The lowest BCUT2D eigenvalue weighted by Crippen LogP contribution is -2.45. The summed E-state index contributed by atoms with van der Waals surface area (Å²) < 4.78 is 40.3. The number of rotatable bonds is 4. The zero-order chi connectivity index (χ0) is 17.4. The van der Waals surface area contributed by atoms with Crippen molar-refractivity contribution in [1.82, 2.24) is 25.5 Å². The molecule has 0 amide bonds. The first-order chi connectivity index (χ1) is 12.0. The number of pyridine rings is 2. The summed E-state index contributed by atoms with van der Waals surface area (Å²) in [4.78, 5) is 8.26. The third-order valence-electron chi connectivity index (χ3n) is 4.20. The van der Waals surface area contributed by atoms with Gasteiger partial charge < -0.3 is 10.6 Å². The van der Waals surface area contributed by atoms with E-state index < -0.39 is 11.7 Å². The summed E-state index contributed by atoms with van der Waals surface area (Å²) in [6.45, 7) is 2.46. The van der Waals surface area contributed by atoms with Crippen LogP contribution in [0.2, 0.25) is 0 Å². The fourth-order valence-electron chi connectivity index (χ4n) is 2.75. The highest BCUT2D eigenvalue weighted by Crippen LogP contribution is 2.38. The molecule has 0 aliphatic carbocycles. The van der Waals surface area contributed by atoms with Gasteiger partial charge in [-0.3, -0.25) is 5.10 Å². The second-order valence-corrected chi connectivity index (χ2v) is 5.97. The van der Waals surface area contributed by atoms with Gasteiger partial charge in [0.2, 0.25) is 0 Å². The Balaban J connectivity index is 0.00000131. The van der Waals surface area contributed by atoms with E-state index in [1.54, 1.807) is 12.1 Å². The van der Waals surface area contributed by atoms with Crippen LogP contribution in [0.3, 0.4) is 0 Å². The van der Waals surface area contributed by atoms with Crippen LogP contribution in [-0.4, -0.2) is 39.8 Å². The van der Waals surface area contributed by atoms with Gasteiger partial charge in [-0.1, -0.05) is 0 Å². The molecule has 0 aromatic carbocycles. The van der Waals surface area contributed by atoms with Crippen molar-refractivity contribution in [1.29, 1.82) is 0 Å². The lowest BCUT2D eigenvalue weighted by molar-refractivity contribution is -0.137. The molecule has 0 radical (unpaired) electrons. The zero-order valence-electron chi connectivity index (χ0n) is 13.1. The minimum absolute atomic E-state index is 0. The largest absolute Gasteiger partial charge is 0.418 e. The molecule has 3 aromatic heterocycles. The number of fused-ring (bicyclic) bond motifs is 1. The van der Waals surface area contributed by atoms with Gasteiger partial charge in [0.25, 0.3) is 0 Å². The summed E-state index contributed by atoms with van der Waals surface area (Å²) in [5.74, 6) is 0.867. The van der Waals surface area contributed by atoms with E-state index in [9.17, 15) is 13.2 Å². The average molecular weight is 352 g/mol. The Morgan fingerprint density at radius 1 is 1.24 bits per heavy atom. The summed E-state index contributed by atoms with van der Waals surface area (Å²) >= 11 is 0. The number of nitrogens with one attached hydrogen (secondary N) is 3. The van der Waals surface area contributed by atoms with Crippen LogP contribution in [0, 0.1) is 5.92 Å². The van der Waals surface area contributed by atoms with Gasteiger partial charge in [-0.15, -0.1) is 0 Å². The summed E-state index contributed by atoms with van der Waals surface area (Å²) in [6.07, 6.45) is -2.98. The minimum atomic E-state index is -4.52. The van der Waals surface area contributed by atoms with Crippen LogP contribution in [0.15, 0.2) is 30.5 Å². The van der Waals surface area contributed by atoms with Crippen LogP contribution in [0.5, 0.6) is 0 Å². The van der Waals surface area contributed by atoms with Crippen LogP contribution in [0.1, 0.15) is 8.42 Å². The average Bonchev–Trinajstić information content (AvgIpc) is 2.96. The molecule has 0 saturated carbocycles. The van der Waals surface area contributed by atoms with Crippen LogP contribution in [0.4, 0.5) is 19.0 Å². The maximum atomic E-state index is 13.4. The summed E-state index contributed by atoms with van der Waals surface area (Å²) in [5.41, 5.74) is -0.423. The van der Waals surface area contributed by atoms with Gasteiger partial charge in [0.1, 0.15) is 11.5 Å². The predicted molar refractivity (Wildman–Crippen MR) is 91.2 cm³/mol. The molecule has 0 atom stereocenters. The maximum Gasteiger partial charge on any atom is 0.418 e. The highest BCUT2D eigenvalue weighted by Gasteiger charge is 2.35. The molecular weight excluding hydrogens is 333 g/mol. The first kappa shape index (κ1) is 15.8. The van der Waals surface area contributed by atoms with E-state index in [0.29, 0.717) is 29.3 Å². The normalized spacial score (nSPS) is 15.3. The van der Waals surface area contributed by atoms with Gasteiger partial charge in [-0.2, -0.15) is 18.3 Å². The molecule has 9 heteroatoms. The number of nitrogens with zero attached hydrogens (tertiary/aromatic N) is 3. The first-order valence-corrected chi connectivity index (χ1v) is 7.84. The van der Waals surface area contributed by atoms with Crippen molar-refractivity contribution in [3.05, 3.63) is 36.0 Å². The second-order valence-electron chi connectivity index (χ2n) is 5.97. The van der Waals surface area contributed by atoms with E-state index in [2.05, 4.69) is 30.8 Å². The fourth-order valence-corrected chi connectivity index (χ4v) is 2.75. The van der Waals surface area contributed by atoms with Crippen LogP contribution in [0.25, 0.3) is 22.4 Å². The first-order valence-electron chi connectivity index (χ1n) is 7.84. The van der Waals surface area contributed by atoms with Gasteiger partial charge in [-0.25, -0.2) is 9.97 Å². The zero-order valence-corrected chi connectivity index (χ0v) is 13.1. The molecule has 0 bridgehead atoms. The molecule has 1 fully saturated rings. The maximum absolute atomic E-state index is 13.4. The van der Waals surface area contributed by atoms with E-state index in [1.165, 1.54) is 12.3 Å². The summed E-state index contributed by atoms with van der Waals surface area (Å²) in [7, 11) is 0. The van der Waals surface area contributed by atoms with E-state index in [-0.39, 0.29) is 14.2 Å². The number of anilines is 1. The number of alkyl halides is 3. The van der Waals surface area contributed by atoms with Gasteiger partial charge in [0, 0.05) is 40.0 Å². The molecule has 3 N–H and O–H groups in total. The number of hydrogen-bond acceptors (Lipinski definition) is 5. The van der Waals surface area contributed by atoms with Crippen molar-refractivity contribution >= 4 is 16.9 Å². The fraction of sp³-hybridized carbons (Fsp3) is 0.312. The van der Waals surface area contributed by atoms with Crippen molar-refractivity contribution < 1.29 is 16.0 Å². The topological polar surface area (TPSA) is 78.5 Å². The third-order valence-corrected chi connectivity index (χ3v) is 4.20. The van der Waals surface area contributed by atoms with E-state index in [0.717, 1.165) is 19.2 Å². The Kier molecular flexibility index (Phi) is 3.79. The number of H-pyrrole nitrogens is 1. The van der Waals surface area contributed by atoms with Crippen molar-refractivity contribution in [3.63, 3.8) is 0 Å². The van der Waals surface area contributed by atoms with Crippen molar-refractivity contribution in [2.24, 2.45) is 5.92 Å². The monoisotopic (exact) mass is 352 g/mol. The molecule has 1 aliphatic heterocycles.